The van der Waals surface area contributed by atoms with E-state index in [4.69, 9.17) is 10.5 Å². The van der Waals surface area contributed by atoms with Crippen molar-refractivity contribution in [1.82, 2.24) is 15.2 Å². The molecule has 5 rings (SSSR count). The lowest BCUT2D eigenvalue weighted by Gasteiger charge is -2.39. The van der Waals surface area contributed by atoms with E-state index in [1.54, 1.807) is 6.07 Å². The van der Waals surface area contributed by atoms with E-state index in [-0.39, 0.29) is 11.9 Å². The van der Waals surface area contributed by atoms with Crippen molar-refractivity contribution in [2.75, 3.05) is 0 Å². The van der Waals surface area contributed by atoms with Gasteiger partial charge in [0.15, 0.2) is 0 Å². The first-order chi connectivity index (χ1) is 14.5. The van der Waals surface area contributed by atoms with Crippen LogP contribution in [0.4, 0.5) is 9.18 Å². The molecule has 2 amide bonds. The molecule has 1 aromatic heterocycles. The Balaban J connectivity index is 1.23. The highest BCUT2D eigenvalue weighted by molar-refractivity contribution is 7.20. The van der Waals surface area contributed by atoms with Gasteiger partial charge in [0.25, 0.3) is 5.19 Å². The second kappa shape index (κ2) is 7.85. The molecule has 2 saturated heterocycles. The van der Waals surface area contributed by atoms with Crippen LogP contribution in [0, 0.1) is 5.82 Å². The Morgan fingerprint density at radius 2 is 1.93 bits per heavy atom. The topological polar surface area (TPSA) is 80.5 Å². The maximum atomic E-state index is 13.3. The number of carbonyl (C=O) groups excluding carboxylic acids is 1. The molecule has 6 nitrogen and oxygen atoms in total. The number of hydrogen-bond donors (Lipinski definition) is 2. The molecule has 3 N–H and O–H groups in total. The number of primary amides is 1. The van der Waals surface area contributed by atoms with E-state index < -0.39 is 6.03 Å². The fourth-order valence-electron chi connectivity index (χ4n) is 4.75. The van der Waals surface area contributed by atoms with Gasteiger partial charge >= 0.3 is 6.03 Å². The second-order valence-corrected chi connectivity index (χ2v) is 9.07. The number of benzene rings is 2. The van der Waals surface area contributed by atoms with Gasteiger partial charge < -0.3 is 15.8 Å². The highest BCUT2D eigenvalue weighted by Crippen LogP contribution is 2.37. The summed E-state index contributed by atoms with van der Waals surface area (Å²) in [6, 6.07) is 13.4. The van der Waals surface area contributed by atoms with Crippen LogP contribution in [0.2, 0.25) is 0 Å². The van der Waals surface area contributed by atoms with Crippen LogP contribution < -0.4 is 15.8 Å². The van der Waals surface area contributed by atoms with E-state index in [0.29, 0.717) is 28.5 Å². The van der Waals surface area contributed by atoms with Gasteiger partial charge in [-0.15, -0.1) is 0 Å². The number of nitrogens with two attached hydrogens (primary N) is 1. The molecule has 0 radical (unpaired) electrons. The lowest BCUT2D eigenvalue weighted by atomic mass is 9.96. The Labute approximate surface area is 177 Å². The first-order valence-electron chi connectivity index (χ1n) is 10.2. The van der Waals surface area contributed by atoms with E-state index in [0.717, 1.165) is 24.1 Å². The number of rotatable bonds is 5. The number of amides is 2. The standard InChI is InChI=1S/C22H23FN4O2S/c23-14-3-8-20-19(9-14)26-22(30-20)29-18-6-1-13(2-7-18)12-27-16-4-5-17(27)11-15(10-16)25-21(24)28/h1-3,6-9,15-17H,4-5,10-12H2,(H3,24,25,28)/t15?,16-,17+. The molecule has 2 bridgehead atoms. The third-order valence-corrected chi connectivity index (χ3v) is 6.97. The average molecular weight is 427 g/mol. The lowest BCUT2D eigenvalue weighted by molar-refractivity contribution is 0.112. The van der Waals surface area contributed by atoms with Crippen molar-refractivity contribution in [3.63, 3.8) is 0 Å². The molecule has 0 spiro atoms. The summed E-state index contributed by atoms with van der Waals surface area (Å²) < 4.78 is 20.1. The highest BCUT2D eigenvalue weighted by Gasteiger charge is 2.40. The van der Waals surface area contributed by atoms with Crippen molar-refractivity contribution < 1.29 is 13.9 Å². The summed E-state index contributed by atoms with van der Waals surface area (Å²) >= 11 is 1.40. The fraction of sp³-hybridized carbons (Fsp3) is 0.364. The van der Waals surface area contributed by atoms with Crippen LogP contribution in [-0.4, -0.2) is 34.0 Å². The van der Waals surface area contributed by atoms with E-state index in [1.165, 1.54) is 41.9 Å². The summed E-state index contributed by atoms with van der Waals surface area (Å²) in [6.45, 7) is 0.888. The first kappa shape index (κ1) is 19.3. The van der Waals surface area contributed by atoms with Crippen molar-refractivity contribution in [1.29, 1.82) is 0 Å². The van der Waals surface area contributed by atoms with Crippen molar-refractivity contribution in [3.8, 4) is 10.9 Å². The number of nitrogens with one attached hydrogen (secondary N) is 1. The third-order valence-electron chi connectivity index (χ3n) is 6.05. The minimum atomic E-state index is -0.429. The predicted octanol–water partition coefficient (Wildman–Crippen LogP) is 4.39. The van der Waals surface area contributed by atoms with Crippen molar-refractivity contribution >= 4 is 27.6 Å². The Kier molecular flexibility index (Phi) is 5.04. The number of thiazole rings is 1. The van der Waals surface area contributed by atoms with E-state index >= 15 is 0 Å². The predicted molar refractivity (Wildman–Crippen MR) is 114 cm³/mol. The van der Waals surface area contributed by atoms with E-state index in [2.05, 4.69) is 27.3 Å². The summed E-state index contributed by atoms with van der Waals surface area (Å²) in [5.41, 5.74) is 7.13. The van der Waals surface area contributed by atoms with Gasteiger partial charge in [0, 0.05) is 30.7 Å². The summed E-state index contributed by atoms with van der Waals surface area (Å²) in [4.78, 5) is 18.1. The van der Waals surface area contributed by atoms with Crippen LogP contribution in [0.15, 0.2) is 42.5 Å². The normalized spacial score (nSPS) is 23.6. The zero-order valence-corrected chi connectivity index (χ0v) is 17.2. The molecule has 3 heterocycles. The molecule has 30 heavy (non-hydrogen) atoms. The van der Waals surface area contributed by atoms with Gasteiger partial charge in [0.1, 0.15) is 11.6 Å². The van der Waals surface area contributed by atoms with Gasteiger partial charge in [-0.05, 0) is 55.5 Å². The van der Waals surface area contributed by atoms with Gasteiger partial charge in [-0.2, -0.15) is 0 Å². The van der Waals surface area contributed by atoms with Crippen LogP contribution in [0.25, 0.3) is 10.2 Å². The SMILES string of the molecule is NC(=O)NC1C[C@H]2CC[C@@H](C1)N2Cc1ccc(Oc2nc3cc(F)ccc3s2)cc1. The van der Waals surface area contributed by atoms with Crippen molar-refractivity contribution in [2.45, 2.75) is 50.4 Å². The van der Waals surface area contributed by atoms with Crippen LogP contribution in [0.1, 0.15) is 31.2 Å². The fourth-order valence-corrected chi connectivity index (χ4v) is 5.56. The molecule has 2 fully saturated rings. The zero-order valence-electron chi connectivity index (χ0n) is 16.4. The molecular weight excluding hydrogens is 403 g/mol. The molecule has 2 aliphatic rings. The maximum absolute atomic E-state index is 13.3. The molecular formula is C22H23FN4O2S. The number of fused-ring (bicyclic) bond motifs is 3. The van der Waals surface area contributed by atoms with E-state index in [1.807, 2.05) is 12.1 Å². The number of aromatic nitrogens is 1. The van der Waals surface area contributed by atoms with E-state index in [9.17, 15) is 9.18 Å². The number of hydrogen-bond acceptors (Lipinski definition) is 5. The molecule has 2 aliphatic heterocycles. The minimum Gasteiger partial charge on any atom is -0.431 e. The summed E-state index contributed by atoms with van der Waals surface area (Å²) in [7, 11) is 0. The smallest absolute Gasteiger partial charge is 0.312 e. The van der Waals surface area contributed by atoms with Gasteiger partial charge in [0.2, 0.25) is 0 Å². The molecule has 1 unspecified atom stereocenters. The Hall–Kier alpha value is -2.71. The summed E-state index contributed by atoms with van der Waals surface area (Å²) in [5, 5.41) is 3.39. The number of urea groups is 1. The largest absolute Gasteiger partial charge is 0.431 e. The maximum Gasteiger partial charge on any atom is 0.312 e. The zero-order chi connectivity index (χ0) is 20.7. The summed E-state index contributed by atoms with van der Waals surface area (Å²) in [5.74, 6) is 0.415. The summed E-state index contributed by atoms with van der Waals surface area (Å²) in [6.07, 6.45) is 4.25. The minimum absolute atomic E-state index is 0.189. The molecule has 2 aromatic carbocycles. The van der Waals surface area contributed by atoms with Gasteiger partial charge in [-0.3, -0.25) is 4.90 Å². The number of ether oxygens (including phenoxy) is 1. The Morgan fingerprint density at radius 1 is 1.20 bits per heavy atom. The number of nitrogens with zero attached hydrogens (tertiary/aromatic N) is 2. The molecule has 3 atom stereocenters. The molecule has 8 heteroatoms. The van der Waals surface area contributed by atoms with Crippen LogP contribution >= 0.6 is 11.3 Å². The monoisotopic (exact) mass is 426 g/mol. The van der Waals surface area contributed by atoms with Crippen LogP contribution in [-0.2, 0) is 6.54 Å². The molecule has 0 aliphatic carbocycles. The number of carbonyl (C=O) groups is 1. The van der Waals surface area contributed by atoms with Gasteiger partial charge in [-0.25, -0.2) is 14.2 Å². The quantitative estimate of drug-likeness (QED) is 0.634. The van der Waals surface area contributed by atoms with Crippen molar-refractivity contribution in [3.05, 3.63) is 53.8 Å². The lowest BCUT2D eigenvalue weighted by Crippen LogP contribution is -2.51. The van der Waals surface area contributed by atoms with Crippen LogP contribution in [0.3, 0.4) is 0 Å². The van der Waals surface area contributed by atoms with Gasteiger partial charge in [0.05, 0.1) is 10.2 Å². The second-order valence-electron chi connectivity index (χ2n) is 8.07. The third kappa shape index (κ3) is 3.97. The Bertz CT molecular complexity index is 1060. The molecule has 156 valence electrons. The number of halogens is 1. The van der Waals surface area contributed by atoms with Crippen molar-refractivity contribution in [2.24, 2.45) is 5.73 Å². The Morgan fingerprint density at radius 3 is 2.63 bits per heavy atom. The average Bonchev–Trinajstić information content (AvgIpc) is 3.19. The first-order valence-corrected chi connectivity index (χ1v) is 11.0. The van der Waals surface area contributed by atoms with Gasteiger partial charge in [-0.1, -0.05) is 23.5 Å². The molecule has 3 aromatic rings. The molecule has 0 saturated carbocycles. The highest BCUT2D eigenvalue weighted by atomic mass is 32.1. The van der Waals surface area contributed by atoms with Crippen LogP contribution in [0.5, 0.6) is 10.9 Å². The number of piperidine rings is 1.